The van der Waals surface area contributed by atoms with Crippen molar-refractivity contribution < 1.29 is 19.7 Å². The first-order valence-corrected chi connectivity index (χ1v) is 9.48. The summed E-state index contributed by atoms with van der Waals surface area (Å²) in [6.45, 7) is 10.5. The molecule has 4 aliphatic carbocycles. The molecule has 138 valence electrons. The van der Waals surface area contributed by atoms with Crippen LogP contribution in [0, 0.1) is 16.7 Å². The van der Waals surface area contributed by atoms with Crippen LogP contribution in [0.15, 0.2) is 0 Å². The predicted octanol–water partition coefficient (Wildman–Crippen LogP) is 3.58. The van der Waals surface area contributed by atoms with Gasteiger partial charge in [-0.1, -0.05) is 27.7 Å². The van der Waals surface area contributed by atoms with Crippen molar-refractivity contribution in [2.24, 2.45) is 16.7 Å². The van der Waals surface area contributed by atoms with Crippen LogP contribution >= 0.6 is 0 Å². The molecule has 0 radical (unpaired) electrons. The fourth-order valence-corrected chi connectivity index (χ4v) is 6.20. The normalized spacial score (nSPS) is 43.5. The lowest BCUT2D eigenvalue weighted by Gasteiger charge is -2.62. The molecule has 4 rings (SSSR count). The van der Waals surface area contributed by atoms with E-state index in [0.717, 1.165) is 32.1 Å². The maximum Gasteiger partial charge on any atom is 0.312 e. The highest BCUT2D eigenvalue weighted by molar-refractivity contribution is 5.77. The number of carbonyl (C=O) groups is 1. The number of aliphatic hydroxyl groups is 2. The van der Waals surface area contributed by atoms with Gasteiger partial charge in [0.1, 0.15) is 5.60 Å². The highest BCUT2D eigenvalue weighted by atomic mass is 16.6. The summed E-state index contributed by atoms with van der Waals surface area (Å²) in [4.78, 5) is 13.1. The molecule has 0 aromatic rings. The Kier molecular flexibility index (Phi) is 3.94. The molecule has 0 aliphatic heterocycles. The van der Waals surface area contributed by atoms with Crippen LogP contribution in [0.3, 0.4) is 0 Å². The van der Waals surface area contributed by atoms with Crippen molar-refractivity contribution in [2.45, 2.75) is 103 Å². The lowest BCUT2D eigenvalue weighted by Crippen LogP contribution is -2.67. The highest BCUT2D eigenvalue weighted by Crippen LogP contribution is 2.61. The lowest BCUT2D eigenvalue weighted by atomic mass is 9.50. The first-order valence-electron chi connectivity index (χ1n) is 9.48. The van der Waals surface area contributed by atoms with E-state index in [1.54, 1.807) is 0 Å². The molecule has 0 amide bonds. The monoisotopic (exact) mass is 338 g/mol. The van der Waals surface area contributed by atoms with Crippen molar-refractivity contribution in [3.8, 4) is 0 Å². The molecular formula is C20H34O4. The first kappa shape index (κ1) is 18.2. The second kappa shape index (κ2) is 5.20. The second-order valence-electron chi connectivity index (χ2n) is 10.7. The Morgan fingerprint density at radius 2 is 1.58 bits per heavy atom. The van der Waals surface area contributed by atoms with Crippen molar-refractivity contribution in [1.82, 2.24) is 0 Å². The second-order valence-corrected chi connectivity index (χ2v) is 10.7. The van der Waals surface area contributed by atoms with Crippen molar-refractivity contribution in [3.63, 3.8) is 0 Å². The topological polar surface area (TPSA) is 66.8 Å². The van der Waals surface area contributed by atoms with Gasteiger partial charge in [0.05, 0.1) is 16.6 Å². The molecule has 4 bridgehead atoms. The Labute approximate surface area is 146 Å². The summed E-state index contributed by atoms with van der Waals surface area (Å²) in [6, 6.07) is 0. The molecule has 4 heteroatoms. The zero-order chi connectivity index (χ0) is 18.0. The Morgan fingerprint density at radius 3 is 2.00 bits per heavy atom. The van der Waals surface area contributed by atoms with Crippen LogP contribution in [0.2, 0.25) is 0 Å². The van der Waals surface area contributed by atoms with E-state index in [9.17, 15) is 15.0 Å². The summed E-state index contributed by atoms with van der Waals surface area (Å²) >= 11 is 0. The quantitative estimate of drug-likeness (QED) is 0.769. The van der Waals surface area contributed by atoms with Crippen LogP contribution in [0.4, 0.5) is 0 Å². The van der Waals surface area contributed by atoms with Gasteiger partial charge in [0.2, 0.25) is 0 Å². The maximum atomic E-state index is 13.1. The first-order chi connectivity index (χ1) is 10.8. The van der Waals surface area contributed by atoms with E-state index >= 15 is 0 Å². The Bertz CT molecular complexity index is 516. The van der Waals surface area contributed by atoms with Crippen LogP contribution < -0.4 is 0 Å². The minimum atomic E-state index is -0.860. The molecular weight excluding hydrogens is 304 g/mol. The van der Waals surface area contributed by atoms with Gasteiger partial charge in [0, 0.05) is 19.3 Å². The number of carbonyl (C=O) groups excluding carboxylic acids is 1. The fourth-order valence-electron chi connectivity index (χ4n) is 6.20. The smallest absolute Gasteiger partial charge is 0.312 e. The van der Waals surface area contributed by atoms with E-state index in [1.807, 2.05) is 13.8 Å². The van der Waals surface area contributed by atoms with Gasteiger partial charge in [-0.15, -0.1) is 0 Å². The fraction of sp³-hybridized carbons (Fsp3) is 0.950. The van der Waals surface area contributed by atoms with E-state index in [2.05, 4.69) is 20.8 Å². The van der Waals surface area contributed by atoms with Gasteiger partial charge in [0.15, 0.2) is 0 Å². The average Bonchev–Trinajstić information content (AvgIpc) is 2.31. The van der Waals surface area contributed by atoms with Gasteiger partial charge in [-0.25, -0.2) is 0 Å². The van der Waals surface area contributed by atoms with Crippen LogP contribution in [0.25, 0.3) is 0 Å². The van der Waals surface area contributed by atoms with Gasteiger partial charge in [-0.05, 0) is 50.4 Å². The van der Waals surface area contributed by atoms with E-state index in [1.165, 1.54) is 0 Å². The van der Waals surface area contributed by atoms with E-state index in [4.69, 9.17) is 4.74 Å². The third-order valence-corrected chi connectivity index (χ3v) is 6.46. The number of rotatable bonds is 4. The molecule has 3 atom stereocenters. The highest BCUT2D eigenvalue weighted by Gasteiger charge is 2.65. The van der Waals surface area contributed by atoms with Gasteiger partial charge < -0.3 is 14.9 Å². The third kappa shape index (κ3) is 3.24. The zero-order valence-electron chi connectivity index (χ0n) is 15.9. The summed E-state index contributed by atoms with van der Waals surface area (Å²) in [5.41, 5.74) is -2.87. The van der Waals surface area contributed by atoms with E-state index in [0.29, 0.717) is 19.3 Å². The number of hydrogen-bond donors (Lipinski definition) is 2. The third-order valence-electron chi connectivity index (χ3n) is 6.46. The van der Waals surface area contributed by atoms with Crippen molar-refractivity contribution in [1.29, 1.82) is 0 Å². The van der Waals surface area contributed by atoms with Gasteiger partial charge in [-0.3, -0.25) is 4.79 Å². The SMILES string of the molecule is CCC(C)(CC(C)(C)C)C(=O)OC12CC3CC(O)(CC(O)(C3)C1)C2. The average molecular weight is 338 g/mol. The zero-order valence-corrected chi connectivity index (χ0v) is 15.9. The standard InChI is InChI=1S/C20H34O4/c1-6-17(5,10-16(2,3)4)15(21)24-20-9-14-7-18(22,12-20)11-19(23,8-14)13-20/h14,22-23H,6-13H2,1-5H3. The van der Waals surface area contributed by atoms with Gasteiger partial charge >= 0.3 is 5.97 Å². The van der Waals surface area contributed by atoms with Crippen LogP contribution in [0.1, 0.15) is 86.0 Å². The summed E-state index contributed by atoms with van der Waals surface area (Å²) in [6.07, 6.45) is 5.17. The molecule has 24 heavy (non-hydrogen) atoms. The van der Waals surface area contributed by atoms with Crippen molar-refractivity contribution >= 4 is 5.97 Å². The molecule has 0 aromatic heterocycles. The Morgan fingerprint density at radius 1 is 1.04 bits per heavy atom. The van der Waals surface area contributed by atoms with Crippen LogP contribution in [-0.2, 0) is 9.53 Å². The molecule has 0 aromatic carbocycles. The predicted molar refractivity (Wildman–Crippen MR) is 92.4 cm³/mol. The molecule has 0 saturated heterocycles. The molecule has 4 fully saturated rings. The largest absolute Gasteiger partial charge is 0.458 e. The molecule has 4 nitrogen and oxygen atoms in total. The molecule has 4 saturated carbocycles. The van der Waals surface area contributed by atoms with Gasteiger partial charge in [-0.2, -0.15) is 0 Å². The summed E-state index contributed by atoms with van der Waals surface area (Å²) in [5.74, 6) is 0.105. The molecule has 3 unspecified atom stereocenters. The summed E-state index contributed by atoms with van der Waals surface area (Å²) in [7, 11) is 0. The maximum absolute atomic E-state index is 13.1. The van der Waals surface area contributed by atoms with Crippen LogP contribution in [0.5, 0.6) is 0 Å². The lowest BCUT2D eigenvalue weighted by molar-refractivity contribution is -0.265. The van der Waals surface area contributed by atoms with Crippen molar-refractivity contribution in [3.05, 3.63) is 0 Å². The summed E-state index contributed by atoms with van der Waals surface area (Å²) in [5, 5.41) is 21.7. The van der Waals surface area contributed by atoms with Crippen molar-refractivity contribution in [2.75, 3.05) is 0 Å². The number of esters is 1. The summed E-state index contributed by atoms with van der Waals surface area (Å²) < 4.78 is 6.12. The number of ether oxygens (including phenoxy) is 1. The minimum absolute atomic E-state index is 0.0433. The van der Waals surface area contributed by atoms with Crippen LogP contribution in [-0.4, -0.2) is 33.0 Å². The molecule has 0 spiro atoms. The Balaban J connectivity index is 1.81. The van der Waals surface area contributed by atoms with E-state index in [-0.39, 0.29) is 17.3 Å². The molecule has 2 N–H and O–H groups in total. The Hall–Kier alpha value is -0.610. The minimum Gasteiger partial charge on any atom is -0.458 e. The number of hydrogen-bond acceptors (Lipinski definition) is 4. The molecule has 4 aliphatic rings. The van der Waals surface area contributed by atoms with Gasteiger partial charge in [0.25, 0.3) is 0 Å². The van der Waals surface area contributed by atoms with E-state index < -0.39 is 22.2 Å². The molecule has 0 heterocycles.